The predicted octanol–water partition coefficient (Wildman–Crippen LogP) is 2.54. The molecule has 0 radical (unpaired) electrons. The number of hydrogen-bond donors (Lipinski definition) is 0. The van der Waals surface area contributed by atoms with E-state index in [0.717, 1.165) is 11.3 Å². The lowest BCUT2D eigenvalue weighted by molar-refractivity contribution is 1.59. The highest BCUT2D eigenvalue weighted by Crippen LogP contribution is 2.30. The van der Waals surface area contributed by atoms with Crippen molar-refractivity contribution in [3.63, 3.8) is 0 Å². The van der Waals surface area contributed by atoms with Crippen molar-refractivity contribution in [1.82, 2.24) is 0 Å². The Balaban J connectivity index is 2.98. The Morgan fingerprint density at radius 3 is 1.78 bits per heavy atom. The van der Waals surface area contributed by atoms with Gasteiger partial charge in [0.25, 0.3) is 0 Å². The van der Waals surface area contributed by atoms with Crippen molar-refractivity contribution in [3.8, 4) is 0 Å². The fourth-order valence-corrected chi connectivity index (χ4v) is 0.977. The van der Waals surface area contributed by atoms with Gasteiger partial charge in [0.1, 0.15) is 0 Å². The molecule has 0 saturated carbocycles. The molecule has 46 valence electrons. The first-order valence-electron chi connectivity index (χ1n) is 2.13. The van der Waals surface area contributed by atoms with Crippen LogP contribution in [0.5, 0.6) is 0 Å². The minimum Gasteiger partial charge on any atom is -0.144 e. The number of hydrogen-bond acceptors (Lipinski definition) is 5. The highest BCUT2D eigenvalue weighted by molar-refractivity contribution is 7.19. The second-order valence-corrected chi connectivity index (χ2v) is 2.34. The molecule has 0 aromatic carbocycles. The average molecular weight is 142 g/mol. The van der Waals surface area contributed by atoms with Crippen molar-refractivity contribution in [2.75, 3.05) is 0 Å². The van der Waals surface area contributed by atoms with Crippen LogP contribution in [-0.2, 0) is 0 Å². The molecule has 5 heteroatoms. The first kappa shape index (κ1) is 6.03. The Labute approximate surface area is 54.5 Å². The molecule has 0 unspecified atom stereocenters. The number of nitroso groups, excluding NO2 is 2. The third-order valence-corrected chi connectivity index (χ3v) is 1.60. The van der Waals surface area contributed by atoms with Gasteiger partial charge in [-0.3, -0.25) is 0 Å². The third-order valence-electron chi connectivity index (χ3n) is 0.758. The van der Waals surface area contributed by atoms with E-state index < -0.39 is 0 Å². The molecule has 0 amide bonds. The molecular formula is C4H2N2O2S. The summed E-state index contributed by atoms with van der Waals surface area (Å²) in [6, 6.07) is 2.91. The van der Waals surface area contributed by atoms with E-state index >= 15 is 0 Å². The second-order valence-electron chi connectivity index (χ2n) is 1.29. The van der Waals surface area contributed by atoms with Crippen LogP contribution in [0.25, 0.3) is 0 Å². The van der Waals surface area contributed by atoms with Gasteiger partial charge in [0.15, 0.2) is 10.0 Å². The van der Waals surface area contributed by atoms with Crippen molar-refractivity contribution in [2.45, 2.75) is 0 Å². The molecule has 0 fully saturated rings. The highest BCUT2D eigenvalue weighted by atomic mass is 32.1. The van der Waals surface area contributed by atoms with Gasteiger partial charge in [-0.15, -0.1) is 9.81 Å². The lowest BCUT2D eigenvalue weighted by Gasteiger charge is -1.69. The van der Waals surface area contributed by atoms with Gasteiger partial charge in [-0.1, -0.05) is 11.3 Å². The molecule has 1 aromatic rings. The van der Waals surface area contributed by atoms with Crippen LogP contribution in [-0.4, -0.2) is 0 Å². The van der Waals surface area contributed by atoms with Crippen LogP contribution in [0, 0.1) is 9.81 Å². The van der Waals surface area contributed by atoms with Crippen molar-refractivity contribution in [1.29, 1.82) is 0 Å². The van der Waals surface area contributed by atoms with Gasteiger partial charge in [0, 0.05) is 0 Å². The van der Waals surface area contributed by atoms with Crippen LogP contribution >= 0.6 is 11.3 Å². The summed E-state index contributed by atoms with van der Waals surface area (Å²) < 4.78 is 0. The molecule has 0 aliphatic rings. The van der Waals surface area contributed by atoms with Crippen LogP contribution in [0.3, 0.4) is 0 Å². The van der Waals surface area contributed by atoms with Gasteiger partial charge < -0.3 is 0 Å². The summed E-state index contributed by atoms with van der Waals surface area (Å²) in [7, 11) is 0. The molecule has 0 N–H and O–H groups in total. The fraction of sp³-hybridized carbons (Fsp3) is 0. The first-order chi connectivity index (χ1) is 4.36. The summed E-state index contributed by atoms with van der Waals surface area (Å²) >= 11 is 0.975. The topological polar surface area (TPSA) is 58.9 Å². The molecule has 1 heterocycles. The summed E-state index contributed by atoms with van der Waals surface area (Å²) in [5.41, 5.74) is 0. The van der Waals surface area contributed by atoms with Crippen molar-refractivity contribution < 1.29 is 0 Å². The molecule has 0 aliphatic heterocycles. The van der Waals surface area contributed by atoms with Crippen LogP contribution in [0.15, 0.2) is 22.5 Å². The average Bonchev–Trinajstić information content (AvgIpc) is 2.34. The lowest BCUT2D eigenvalue weighted by atomic mass is 10.6. The molecule has 0 spiro atoms. The first-order valence-corrected chi connectivity index (χ1v) is 2.95. The minimum absolute atomic E-state index is 0.282. The summed E-state index contributed by atoms with van der Waals surface area (Å²) in [6.45, 7) is 0. The van der Waals surface area contributed by atoms with E-state index in [1.165, 1.54) is 12.1 Å². The summed E-state index contributed by atoms with van der Waals surface area (Å²) in [5.74, 6) is 0. The van der Waals surface area contributed by atoms with Crippen LogP contribution in [0.1, 0.15) is 0 Å². The molecule has 0 bridgehead atoms. The van der Waals surface area contributed by atoms with E-state index in [1.807, 2.05) is 0 Å². The zero-order chi connectivity index (χ0) is 6.69. The quantitative estimate of drug-likeness (QED) is 0.595. The van der Waals surface area contributed by atoms with E-state index in [0.29, 0.717) is 0 Å². The Kier molecular flexibility index (Phi) is 1.64. The molecule has 0 saturated heterocycles. The molecule has 1 aromatic heterocycles. The monoisotopic (exact) mass is 142 g/mol. The Hall–Kier alpha value is -1.10. The maximum absolute atomic E-state index is 9.75. The van der Waals surface area contributed by atoms with Crippen LogP contribution in [0.4, 0.5) is 10.0 Å². The summed E-state index contributed by atoms with van der Waals surface area (Å²) in [5, 5.41) is 5.78. The van der Waals surface area contributed by atoms with E-state index in [4.69, 9.17) is 0 Å². The van der Waals surface area contributed by atoms with Crippen molar-refractivity contribution in [3.05, 3.63) is 21.9 Å². The van der Waals surface area contributed by atoms with Crippen LogP contribution in [0.2, 0.25) is 0 Å². The molecule has 4 nitrogen and oxygen atoms in total. The predicted molar refractivity (Wildman–Crippen MR) is 35.2 cm³/mol. The largest absolute Gasteiger partial charge is 0.162 e. The zero-order valence-corrected chi connectivity index (χ0v) is 5.09. The van der Waals surface area contributed by atoms with Crippen LogP contribution < -0.4 is 0 Å². The summed E-state index contributed by atoms with van der Waals surface area (Å²) in [6.07, 6.45) is 0. The summed E-state index contributed by atoms with van der Waals surface area (Å²) in [4.78, 5) is 19.5. The Morgan fingerprint density at radius 2 is 1.56 bits per heavy atom. The van der Waals surface area contributed by atoms with Gasteiger partial charge in [0.2, 0.25) is 0 Å². The van der Waals surface area contributed by atoms with E-state index in [2.05, 4.69) is 10.4 Å². The third kappa shape index (κ3) is 1.17. The smallest absolute Gasteiger partial charge is 0.144 e. The Bertz CT molecular complexity index is 210. The van der Waals surface area contributed by atoms with Crippen molar-refractivity contribution in [2.24, 2.45) is 10.4 Å². The highest BCUT2D eigenvalue weighted by Gasteiger charge is 1.96. The van der Waals surface area contributed by atoms with E-state index in [9.17, 15) is 9.81 Å². The number of nitrogens with zero attached hydrogens (tertiary/aromatic N) is 2. The van der Waals surface area contributed by atoms with Gasteiger partial charge in [-0.25, -0.2) is 0 Å². The second kappa shape index (κ2) is 2.45. The van der Waals surface area contributed by atoms with Crippen molar-refractivity contribution >= 4 is 21.3 Å². The standard InChI is InChI=1S/C4H2N2O2S/c7-5-3-1-2-4(6-8)9-3/h1-2H. The minimum atomic E-state index is 0.282. The molecule has 0 aliphatic carbocycles. The SMILES string of the molecule is O=Nc1ccc(N=O)s1. The molecular weight excluding hydrogens is 140 g/mol. The number of thiophene rings is 1. The fourth-order valence-electron chi connectivity index (χ4n) is 0.416. The van der Waals surface area contributed by atoms with Gasteiger partial charge in [-0.05, 0) is 22.5 Å². The van der Waals surface area contributed by atoms with Gasteiger partial charge in [0.05, 0.1) is 0 Å². The molecule has 0 atom stereocenters. The lowest BCUT2D eigenvalue weighted by Crippen LogP contribution is -1.35. The Morgan fingerprint density at radius 1 is 1.11 bits per heavy atom. The molecule has 9 heavy (non-hydrogen) atoms. The zero-order valence-electron chi connectivity index (χ0n) is 4.27. The maximum atomic E-state index is 9.75. The normalized spacial score (nSPS) is 8.89. The maximum Gasteiger partial charge on any atom is 0.162 e. The number of rotatable bonds is 2. The van der Waals surface area contributed by atoms with E-state index in [1.54, 1.807) is 0 Å². The van der Waals surface area contributed by atoms with Gasteiger partial charge in [-0.2, -0.15) is 0 Å². The van der Waals surface area contributed by atoms with Gasteiger partial charge >= 0.3 is 0 Å². The van der Waals surface area contributed by atoms with E-state index in [-0.39, 0.29) is 10.0 Å². The molecule has 1 rings (SSSR count).